The van der Waals surface area contributed by atoms with Gasteiger partial charge in [-0.15, -0.1) is 0 Å². The standard InChI is InChI=1S/C30H24FN3O4/c1-18-9-10-22(13-19(18)2)34-27-15-23(38-17-31)11-12-25(27)28(30(34)37)33-32-26-8-4-7-24(29(26)36)21-6-3-5-20(14-21)16-35/h3-16,32,36H,17H2,1-2H3/b33-28-. The van der Waals surface area contributed by atoms with E-state index in [0.717, 1.165) is 17.4 Å². The summed E-state index contributed by atoms with van der Waals surface area (Å²) < 4.78 is 17.9. The first-order valence-corrected chi connectivity index (χ1v) is 11.9. The number of aryl methyl sites for hydroxylation is 2. The van der Waals surface area contributed by atoms with Crippen LogP contribution in [-0.4, -0.2) is 29.9 Å². The number of amides is 1. The van der Waals surface area contributed by atoms with Crippen molar-refractivity contribution in [3.8, 4) is 22.6 Å². The first-order valence-electron chi connectivity index (χ1n) is 11.9. The van der Waals surface area contributed by atoms with Gasteiger partial charge in [-0.05, 0) is 66.9 Å². The van der Waals surface area contributed by atoms with Crippen LogP contribution < -0.4 is 15.1 Å². The molecule has 2 N–H and O–H groups in total. The molecule has 0 aliphatic carbocycles. The highest BCUT2D eigenvalue weighted by Crippen LogP contribution is 2.40. The van der Waals surface area contributed by atoms with Gasteiger partial charge in [0.05, 0.1) is 11.4 Å². The van der Waals surface area contributed by atoms with Gasteiger partial charge in [-0.1, -0.05) is 36.4 Å². The highest BCUT2D eigenvalue weighted by Gasteiger charge is 2.36. The Balaban J connectivity index is 1.54. The Bertz CT molecular complexity index is 1600. The molecule has 1 aliphatic rings. The van der Waals surface area contributed by atoms with Crippen LogP contribution in [0.3, 0.4) is 0 Å². The average molecular weight is 510 g/mol. The number of rotatable bonds is 7. The van der Waals surface area contributed by atoms with Crippen LogP contribution in [0.25, 0.3) is 11.1 Å². The minimum absolute atomic E-state index is 0.0803. The lowest BCUT2D eigenvalue weighted by molar-refractivity contribution is -0.111. The van der Waals surface area contributed by atoms with Crippen molar-refractivity contribution in [3.63, 3.8) is 0 Å². The van der Waals surface area contributed by atoms with E-state index in [1.54, 1.807) is 60.7 Å². The summed E-state index contributed by atoms with van der Waals surface area (Å²) in [6.45, 7) is 2.95. The number of hydrazone groups is 1. The summed E-state index contributed by atoms with van der Waals surface area (Å²) in [4.78, 5) is 26.3. The van der Waals surface area contributed by atoms with Gasteiger partial charge in [-0.3, -0.25) is 19.9 Å². The first kappa shape index (κ1) is 24.7. The van der Waals surface area contributed by atoms with Crippen molar-refractivity contribution in [3.05, 3.63) is 101 Å². The molecule has 0 spiro atoms. The zero-order chi connectivity index (χ0) is 26.8. The van der Waals surface area contributed by atoms with E-state index in [1.165, 1.54) is 4.90 Å². The summed E-state index contributed by atoms with van der Waals surface area (Å²) in [5.74, 6) is -0.184. The third kappa shape index (κ3) is 4.48. The topological polar surface area (TPSA) is 91.2 Å². The van der Waals surface area contributed by atoms with Crippen molar-refractivity contribution < 1.29 is 23.8 Å². The molecule has 0 radical (unpaired) electrons. The van der Waals surface area contributed by atoms with E-state index in [2.05, 4.69) is 10.5 Å². The summed E-state index contributed by atoms with van der Waals surface area (Å²) in [7, 11) is 0. The Morgan fingerprint density at radius 2 is 1.79 bits per heavy atom. The molecule has 5 rings (SSSR count). The number of phenols is 1. The van der Waals surface area contributed by atoms with Crippen LogP contribution in [0.15, 0.2) is 84.0 Å². The molecule has 1 amide bonds. The second-order valence-electron chi connectivity index (χ2n) is 8.86. The number of aromatic hydroxyl groups is 1. The van der Waals surface area contributed by atoms with Gasteiger partial charge in [0.25, 0.3) is 5.91 Å². The van der Waals surface area contributed by atoms with Crippen LogP contribution in [0.5, 0.6) is 11.5 Å². The molecular weight excluding hydrogens is 485 g/mol. The fourth-order valence-corrected chi connectivity index (χ4v) is 4.37. The number of aldehydes is 1. The second-order valence-corrected chi connectivity index (χ2v) is 8.86. The fourth-order valence-electron chi connectivity index (χ4n) is 4.37. The van der Waals surface area contributed by atoms with Gasteiger partial charge in [0.2, 0.25) is 6.86 Å². The lowest BCUT2D eigenvalue weighted by atomic mass is 10.0. The molecule has 0 saturated carbocycles. The zero-order valence-corrected chi connectivity index (χ0v) is 20.7. The van der Waals surface area contributed by atoms with Crippen molar-refractivity contribution in [2.75, 3.05) is 17.2 Å². The van der Waals surface area contributed by atoms with Crippen LogP contribution in [0.1, 0.15) is 27.0 Å². The maximum absolute atomic E-state index is 13.6. The molecule has 4 aromatic carbocycles. The predicted octanol–water partition coefficient (Wildman–Crippen LogP) is 6.29. The molecule has 8 heteroatoms. The Morgan fingerprint density at radius 3 is 2.55 bits per heavy atom. The molecule has 190 valence electrons. The van der Waals surface area contributed by atoms with Crippen molar-refractivity contribution in [1.82, 2.24) is 0 Å². The molecule has 0 bridgehead atoms. The summed E-state index contributed by atoms with van der Waals surface area (Å²) in [5, 5.41) is 15.3. The van der Waals surface area contributed by atoms with Gasteiger partial charge in [-0.2, -0.15) is 5.10 Å². The van der Waals surface area contributed by atoms with Crippen LogP contribution in [0, 0.1) is 13.8 Å². The molecule has 1 heterocycles. The number of hydrogen-bond donors (Lipinski definition) is 2. The fraction of sp³-hybridized carbons (Fsp3) is 0.100. The summed E-state index contributed by atoms with van der Waals surface area (Å²) in [6.07, 6.45) is 0.739. The van der Waals surface area contributed by atoms with Crippen molar-refractivity contribution in [2.45, 2.75) is 13.8 Å². The quantitative estimate of drug-likeness (QED) is 0.174. The lowest BCUT2D eigenvalue weighted by Gasteiger charge is -2.18. The molecule has 1 aliphatic heterocycles. The number of carbonyl (C=O) groups excluding carboxylic acids is 2. The number of anilines is 3. The smallest absolute Gasteiger partial charge is 0.283 e. The zero-order valence-electron chi connectivity index (χ0n) is 20.7. The number of fused-ring (bicyclic) bond motifs is 1. The molecule has 38 heavy (non-hydrogen) atoms. The molecule has 0 atom stereocenters. The maximum atomic E-state index is 13.6. The van der Waals surface area contributed by atoms with Crippen molar-refractivity contribution in [1.29, 1.82) is 0 Å². The maximum Gasteiger partial charge on any atom is 0.283 e. The highest BCUT2D eigenvalue weighted by atomic mass is 19.1. The van der Waals surface area contributed by atoms with E-state index in [9.17, 15) is 19.1 Å². The SMILES string of the molecule is Cc1ccc(N2C(=O)/C(=N\Nc3cccc(-c4cccc(C=O)c4)c3O)c3ccc(OCF)cc32)cc1C. The van der Waals surface area contributed by atoms with Gasteiger partial charge in [0.1, 0.15) is 17.8 Å². The van der Waals surface area contributed by atoms with Gasteiger partial charge >= 0.3 is 0 Å². The molecule has 4 aromatic rings. The first-order chi connectivity index (χ1) is 18.4. The molecule has 0 unspecified atom stereocenters. The van der Waals surface area contributed by atoms with Crippen LogP contribution in [-0.2, 0) is 4.79 Å². The van der Waals surface area contributed by atoms with Crippen LogP contribution in [0.4, 0.5) is 21.5 Å². The Hall–Kier alpha value is -4.98. The average Bonchev–Trinajstić information content (AvgIpc) is 3.20. The number of carbonyl (C=O) groups is 2. The molecule has 0 fully saturated rings. The summed E-state index contributed by atoms with van der Waals surface area (Å²) >= 11 is 0. The summed E-state index contributed by atoms with van der Waals surface area (Å²) in [6, 6.07) is 22.4. The monoisotopic (exact) mass is 509 g/mol. The van der Waals surface area contributed by atoms with Gasteiger partial charge in [0, 0.05) is 28.4 Å². The molecule has 7 nitrogen and oxygen atoms in total. The number of benzene rings is 4. The highest BCUT2D eigenvalue weighted by molar-refractivity contribution is 6.55. The number of nitrogens with zero attached hydrogens (tertiary/aromatic N) is 2. The van der Waals surface area contributed by atoms with E-state index in [4.69, 9.17) is 4.74 Å². The normalized spacial score (nSPS) is 13.5. The number of nitrogens with one attached hydrogen (secondary N) is 1. The van der Waals surface area contributed by atoms with Crippen LogP contribution in [0.2, 0.25) is 0 Å². The Morgan fingerprint density at radius 1 is 0.974 bits per heavy atom. The number of halogens is 1. The van der Waals surface area contributed by atoms with Gasteiger partial charge in [0.15, 0.2) is 5.71 Å². The Labute approximate surface area is 218 Å². The van der Waals surface area contributed by atoms with Gasteiger partial charge in [-0.25, -0.2) is 4.39 Å². The number of ether oxygens (including phenoxy) is 1. The number of phenolic OH excluding ortho intramolecular Hbond substituents is 1. The second kappa shape index (κ2) is 10.2. The van der Waals surface area contributed by atoms with Crippen LogP contribution >= 0.6 is 0 Å². The third-order valence-corrected chi connectivity index (χ3v) is 6.50. The largest absolute Gasteiger partial charge is 0.505 e. The predicted molar refractivity (Wildman–Crippen MR) is 145 cm³/mol. The molecule has 0 saturated heterocycles. The van der Waals surface area contributed by atoms with E-state index in [-0.39, 0.29) is 28.8 Å². The lowest BCUT2D eigenvalue weighted by Crippen LogP contribution is -2.26. The number of para-hydroxylation sites is 1. The molecular formula is C30H24FN3O4. The minimum Gasteiger partial charge on any atom is -0.505 e. The molecule has 0 aromatic heterocycles. The van der Waals surface area contributed by atoms with Gasteiger partial charge < -0.3 is 9.84 Å². The van der Waals surface area contributed by atoms with Crippen molar-refractivity contribution >= 4 is 35.0 Å². The van der Waals surface area contributed by atoms with E-state index in [1.807, 2.05) is 32.0 Å². The third-order valence-electron chi connectivity index (χ3n) is 6.50. The Kier molecular flexibility index (Phi) is 6.62. The van der Waals surface area contributed by atoms with E-state index in [0.29, 0.717) is 33.6 Å². The summed E-state index contributed by atoms with van der Waals surface area (Å²) in [5.41, 5.74) is 8.65. The minimum atomic E-state index is -0.996. The number of hydrogen-bond acceptors (Lipinski definition) is 6. The van der Waals surface area contributed by atoms with Crippen molar-refractivity contribution in [2.24, 2.45) is 5.10 Å². The van der Waals surface area contributed by atoms with E-state index >= 15 is 0 Å². The number of alkyl halides is 1. The van der Waals surface area contributed by atoms with E-state index < -0.39 is 6.86 Å².